The van der Waals surface area contributed by atoms with Crippen molar-refractivity contribution in [2.45, 2.75) is 11.4 Å². The summed E-state index contributed by atoms with van der Waals surface area (Å²) in [5, 5.41) is 8.80. The molecule has 0 aliphatic heterocycles. The van der Waals surface area contributed by atoms with Crippen LogP contribution in [-0.2, 0) is 16.6 Å². The van der Waals surface area contributed by atoms with Crippen molar-refractivity contribution in [3.05, 3.63) is 50.9 Å². The highest BCUT2D eigenvalue weighted by atomic mass is 35.5. The van der Waals surface area contributed by atoms with Crippen LogP contribution in [0.1, 0.15) is 0 Å². The Morgan fingerprint density at radius 1 is 1.23 bits per heavy atom. The Morgan fingerprint density at radius 3 is 2.45 bits per heavy atom. The highest BCUT2D eigenvalue weighted by molar-refractivity contribution is 7.89. The van der Waals surface area contributed by atoms with E-state index in [1.807, 2.05) is 0 Å². The average molecular weight is 364 g/mol. The first-order valence-electron chi connectivity index (χ1n) is 5.96. The molecule has 0 fully saturated rings. The van der Waals surface area contributed by atoms with Crippen LogP contribution in [0.2, 0.25) is 10.0 Å². The fraction of sp³-hybridized carbons (Fsp3) is 0.167. The van der Waals surface area contributed by atoms with E-state index in [9.17, 15) is 13.2 Å². The number of nitrogens with zero attached hydrogens (tertiary/aromatic N) is 2. The Hall–Kier alpha value is -1.61. The zero-order valence-corrected chi connectivity index (χ0v) is 13.4. The third-order valence-corrected chi connectivity index (χ3v) is 4.34. The molecule has 2 N–H and O–H groups in total. The summed E-state index contributed by atoms with van der Waals surface area (Å²) in [6.07, 6.45) is 1.27. The number of primary sulfonamides is 1. The van der Waals surface area contributed by atoms with Crippen LogP contribution in [0.4, 0.5) is 0 Å². The smallest absolute Gasteiger partial charge is 0.287 e. The number of hydrogen-bond donors (Lipinski definition) is 1. The Morgan fingerprint density at radius 2 is 1.86 bits per heavy atom. The standard InChI is InChI=1S/C12H11Cl2N3O4S/c13-10-7-16-17(12(18)11(10)14)5-6-21-8-1-3-9(4-2-8)22(15,19)20/h1-4,7H,5-6H2,(H2,15,19,20). The Balaban J connectivity index is 2.00. The van der Waals surface area contributed by atoms with Gasteiger partial charge < -0.3 is 4.74 Å². The SMILES string of the molecule is NS(=O)(=O)c1ccc(OCCn2ncc(Cl)c(Cl)c2=O)cc1. The van der Waals surface area contributed by atoms with Crippen LogP contribution in [0, 0.1) is 0 Å². The van der Waals surface area contributed by atoms with Crippen LogP contribution in [0.25, 0.3) is 0 Å². The molecular weight excluding hydrogens is 353 g/mol. The van der Waals surface area contributed by atoms with Crippen molar-refractivity contribution in [1.29, 1.82) is 0 Å². The highest BCUT2D eigenvalue weighted by Crippen LogP contribution is 2.16. The van der Waals surface area contributed by atoms with Crippen LogP contribution < -0.4 is 15.4 Å². The molecule has 0 atom stereocenters. The minimum Gasteiger partial charge on any atom is -0.492 e. The highest BCUT2D eigenvalue weighted by Gasteiger charge is 2.08. The maximum absolute atomic E-state index is 11.7. The molecule has 0 radical (unpaired) electrons. The number of ether oxygens (including phenoxy) is 1. The van der Waals surface area contributed by atoms with Gasteiger partial charge in [-0.05, 0) is 24.3 Å². The van der Waals surface area contributed by atoms with Gasteiger partial charge in [0.25, 0.3) is 5.56 Å². The summed E-state index contributed by atoms with van der Waals surface area (Å²) >= 11 is 11.4. The van der Waals surface area contributed by atoms with E-state index in [-0.39, 0.29) is 28.1 Å². The van der Waals surface area contributed by atoms with Crippen LogP contribution in [0.3, 0.4) is 0 Å². The van der Waals surface area contributed by atoms with Gasteiger partial charge in [-0.3, -0.25) is 4.79 Å². The van der Waals surface area contributed by atoms with Crippen molar-refractivity contribution >= 4 is 33.2 Å². The Bertz CT molecular complexity index is 834. The van der Waals surface area contributed by atoms with Gasteiger partial charge in [-0.15, -0.1) is 0 Å². The van der Waals surface area contributed by atoms with Gasteiger partial charge in [0.15, 0.2) is 0 Å². The largest absolute Gasteiger partial charge is 0.492 e. The lowest BCUT2D eigenvalue weighted by Gasteiger charge is -2.08. The fourth-order valence-electron chi connectivity index (χ4n) is 1.58. The third kappa shape index (κ3) is 3.98. The molecule has 2 aromatic rings. The van der Waals surface area contributed by atoms with Crippen LogP contribution in [0.15, 0.2) is 40.2 Å². The van der Waals surface area contributed by atoms with Crippen molar-refractivity contribution in [3.8, 4) is 5.75 Å². The lowest BCUT2D eigenvalue weighted by Crippen LogP contribution is -2.25. The fourth-order valence-corrected chi connectivity index (χ4v) is 2.37. The monoisotopic (exact) mass is 363 g/mol. The van der Waals surface area contributed by atoms with Crippen LogP contribution in [0.5, 0.6) is 5.75 Å². The molecule has 0 aliphatic carbocycles. The van der Waals surface area contributed by atoms with Gasteiger partial charge in [-0.25, -0.2) is 18.2 Å². The van der Waals surface area contributed by atoms with Gasteiger partial charge >= 0.3 is 0 Å². The minimum atomic E-state index is -3.74. The number of aromatic nitrogens is 2. The summed E-state index contributed by atoms with van der Waals surface area (Å²) in [7, 11) is -3.74. The van der Waals surface area contributed by atoms with E-state index < -0.39 is 15.6 Å². The first kappa shape index (κ1) is 16.8. The molecule has 2 rings (SSSR count). The molecule has 0 aliphatic rings. The molecule has 1 heterocycles. The van der Waals surface area contributed by atoms with Gasteiger partial charge in [0, 0.05) is 0 Å². The predicted octanol–water partition coefficient (Wildman–Crippen LogP) is 1.28. The number of sulfonamides is 1. The Labute approximate surface area is 136 Å². The summed E-state index contributed by atoms with van der Waals surface area (Å²) in [5.74, 6) is 0.431. The summed E-state index contributed by atoms with van der Waals surface area (Å²) in [6.45, 7) is 0.298. The molecule has 0 spiro atoms. The number of benzene rings is 1. The number of rotatable bonds is 5. The summed E-state index contributed by atoms with van der Waals surface area (Å²) < 4.78 is 28.7. The molecule has 0 amide bonds. The number of hydrogen-bond acceptors (Lipinski definition) is 5. The summed E-state index contributed by atoms with van der Waals surface area (Å²) in [5.41, 5.74) is -0.512. The van der Waals surface area contributed by atoms with Crippen molar-refractivity contribution in [2.75, 3.05) is 6.61 Å². The van der Waals surface area contributed by atoms with E-state index in [1.165, 1.54) is 30.5 Å². The van der Waals surface area contributed by atoms with Gasteiger partial charge in [0.1, 0.15) is 17.4 Å². The number of halogens is 2. The molecule has 10 heteroatoms. The van der Waals surface area contributed by atoms with Gasteiger partial charge in [-0.1, -0.05) is 23.2 Å². The topological polar surface area (TPSA) is 104 Å². The quantitative estimate of drug-likeness (QED) is 0.861. The minimum absolute atomic E-state index is 0.0118. The Kier molecular flexibility index (Phi) is 5.07. The molecular formula is C12H11Cl2N3O4S. The second-order valence-corrected chi connectivity index (χ2v) is 6.55. The lowest BCUT2D eigenvalue weighted by molar-refractivity contribution is 0.287. The van der Waals surface area contributed by atoms with E-state index in [0.29, 0.717) is 5.75 Å². The van der Waals surface area contributed by atoms with E-state index in [2.05, 4.69) is 5.10 Å². The third-order valence-electron chi connectivity index (χ3n) is 2.67. The van der Waals surface area contributed by atoms with Gasteiger partial charge in [0.05, 0.1) is 22.7 Å². The normalized spacial score (nSPS) is 11.4. The zero-order chi connectivity index (χ0) is 16.3. The van der Waals surface area contributed by atoms with Crippen molar-refractivity contribution in [3.63, 3.8) is 0 Å². The predicted molar refractivity (Wildman–Crippen MR) is 81.8 cm³/mol. The molecule has 1 aromatic carbocycles. The molecule has 0 saturated carbocycles. The molecule has 0 unspecified atom stereocenters. The molecule has 1 aromatic heterocycles. The molecule has 0 bridgehead atoms. The van der Waals surface area contributed by atoms with Crippen molar-refractivity contribution in [2.24, 2.45) is 5.14 Å². The summed E-state index contributed by atoms with van der Waals surface area (Å²) in [4.78, 5) is 11.7. The van der Waals surface area contributed by atoms with Crippen LogP contribution in [-0.4, -0.2) is 24.8 Å². The van der Waals surface area contributed by atoms with E-state index in [1.54, 1.807) is 0 Å². The van der Waals surface area contributed by atoms with E-state index in [4.69, 9.17) is 33.1 Å². The van der Waals surface area contributed by atoms with E-state index >= 15 is 0 Å². The number of nitrogens with two attached hydrogens (primary N) is 1. The van der Waals surface area contributed by atoms with Gasteiger partial charge in [-0.2, -0.15) is 5.10 Å². The summed E-state index contributed by atoms with van der Waals surface area (Å²) in [6, 6.07) is 5.58. The first-order valence-corrected chi connectivity index (χ1v) is 8.26. The van der Waals surface area contributed by atoms with Gasteiger partial charge in [0.2, 0.25) is 10.0 Å². The first-order chi connectivity index (χ1) is 10.3. The maximum atomic E-state index is 11.7. The average Bonchev–Trinajstić information content (AvgIpc) is 2.47. The maximum Gasteiger partial charge on any atom is 0.287 e. The molecule has 22 heavy (non-hydrogen) atoms. The van der Waals surface area contributed by atoms with E-state index in [0.717, 1.165) is 4.68 Å². The second kappa shape index (κ2) is 6.66. The lowest BCUT2D eigenvalue weighted by atomic mass is 10.3. The van der Waals surface area contributed by atoms with Crippen LogP contribution >= 0.6 is 23.2 Å². The van der Waals surface area contributed by atoms with Crippen molar-refractivity contribution < 1.29 is 13.2 Å². The molecule has 7 nitrogen and oxygen atoms in total. The van der Waals surface area contributed by atoms with Crippen molar-refractivity contribution in [1.82, 2.24) is 9.78 Å². The zero-order valence-electron chi connectivity index (χ0n) is 11.1. The molecule has 118 valence electrons. The molecule has 0 saturated heterocycles. The second-order valence-electron chi connectivity index (χ2n) is 4.20.